The minimum absolute atomic E-state index is 0.0399. The number of hydrogen-bond acceptors (Lipinski definition) is 3. The molecule has 1 aromatic carbocycles. The van der Waals surface area contributed by atoms with Crippen molar-refractivity contribution < 1.29 is 4.79 Å². The second-order valence-corrected chi connectivity index (χ2v) is 5.37. The summed E-state index contributed by atoms with van der Waals surface area (Å²) in [6, 6.07) is 6.32. The minimum Gasteiger partial charge on any atom is -0.324 e. The Balaban J connectivity index is 1.94. The molecule has 1 amide bonds. The maximum Gasteiger partial charge on any atom is 0.242 e. The molecule has 0 bridgehead atoms. The van der Waals surface area contributed by atoms with Crippen LogP contribution in [0.3, 0.4) is 0 Å². The first-order chi connectivity index (χ1) is 9.10. The Hall–Kier alpha value is -1.39. The van der Waals surface area contributed by atoms with Crippen molar-refractivity contribution in [2.24, 2.45) is 0 Å². The summed E-state index contributed by atoms with van der Waals surface area (Å²) >= 11 is 0. The van der Waals surface area contributed by atoms with Crippen molar-refractivity contribution >= 4 is 11.6 Å². The molecule has 4 heteroatoms. The molecular weight excluding hydrogens is 238 g/mol. The van der Waals surface area contributed by atoms with Gasteiger partial charge in [0.25, 0.3) is 0 Å². The summed E-state index contributed by atoms with van der Waals surface area (Å²) in [4.78, 5) is 12.2. The second-order valence-electron chi connectivity index (χ2n) is 5.37. The molecule has 0 spiro atoms. The molecule has 1 saturated heterocycles. The summed E-state index contributed by atoms with van der Waals surface area (Å²) in [7, 11) is 0. The summed E-state index contributed by atoms with van der Waals surface area (Å²) < 4.78 is 0. The Kier molecular flexibility index (Phi) is 4.56. The van der Waals surface area contributed by atoms with Crippen LogP contribution >= 0.6 is 0 Å². The van der Waals surface area contributed by atoms with Crippen LogP contribution in [0.25, 0.3) is 0 Å². The average Bonchev–Trinajstić information content (AvgIpc) is 2.82. The van der Waals surface area contributed by atoms with E-state index in [0.29, 0.717) is 6.04 Å². The Labute approximate surface area is 114 Å². The van der Waals surface area contributed by atoms with Gasteiger partial charge in [0.15, 0.2) is 0 Å². The van der Waals surface area contributed by atoms with Gasteiger partial charge in [-0.05, 0) is 38.3 Å². The molecule has 0 aliphatic carbocycles. The summed E-state index contributed by atoms with van der Waals surface area (Å²) in [6.07, 6.45) is 3.08. The van der Waals surface area contributed by atoms with Gasteiger partial charge in [0.2, 0.25) is 5.91 Å². The van der Waals surface area contributed by atoms with Gasteiger partial charge in [-0.1, -0.05) is 31.0 Å². The SMILES string of the molecule is CCCC1CC(C(=O)Nc2ccc(C)cc2C)NN1. The monoisotopic (exact) mass is 261 g/mol. The van der Waals surface area contributed by atoms with E-state index in [9.17, 15) is 4.79 Å². The highest BCUT2D eigenvalue weighted by Crippen LogP contribution is 2.18. The Morgan fingerprint density at radius 1 is 1.37 bits per heavy atom. The summed E-state index contributed by atoms with van der Waals surface area (Å²) in [5, 5.41) is 3.00. The third-order valence-corrected chi connectivity index (χ3v) is 3.58. The Bertz CT molecular complexity index is 459. The third kappa shape index (κ3) is 3.55. The van der Waals surface area contributed by atoms with Gasteiger partial charge in [0.1, 0.15) is 6.04 Å². The normalized spacial score (nSPS) is 22.5. The van der Waals surface area contributed by atoms with Crippen LogP contribution in [0.2, 0.25) is 0 Å². The van der Waals surface area contributed by atoms with Gasteiger partial charge < -0.3 is 5.32 Å². The van der Waals surface area contributed by atoms with Gasteiger partial charge in [0.05, 0.1) is 0 Å². The number of aryl methyl sites for hydroxylation is 2. The molecule has 4 nitrogen and oxygen atoms in total. The molecule has 1 aliphatic rings. The smallest absolute Gasteiger partial charge is 0.242 e. The predicted octanol–water partition coefficient (Wildman–Crippen LogP) is 2.28. The van der Waals surface area contributed by atoms with Gasteiger partial charge >= 0.3 is 0 Å². The van der Waals surface area contributed by atoms with Crippen molar-refractivity contribution in [1.29, 1.82) is 0 Å². The number of hydrazine groups is 1. The molecule has 0 aromatic heterocycles. The van der Waals surface area contributed by atoms with Crippen molar-refractivity contribution in [3.05, 3.63) is 29.3 Å². The van der Waals surface area contributed by atoms with E-state index in [0.717, 1.165) is 30.5 Å². The highest BCUT2D eigenvalue weighted by atomic mass is 16.2. The van der Waals surface area contributed by atoms with Crippen LogP contribution in [-0.2, 0) is 4.79 Å². The molecule has 2 atom stereocenters. The zero-order valence-corrected chi connectivity index (χ0v) is 11.9. The molecule has 104 valence electrons. The topological polar surface area (TPSA) is 53.2 Å². The molecule has 2 unspecified atom stereocenters. The van der Waals surface area contributed by atoms with Crippen molar-refractivity contribution in [2.45, 2.75) is 52.1 Å². The van der Waals surface area contributed by atoms with Crippen molar-refractivity contribution in [3.8, 4) is 0 Å². The molecule has 19 heavy (non-hydrogen) atoms. The summed E-state index contributed by atoms with van der Waals surface area (Å²) in [6.45, 7) is 6.23. The van der Waals surface area contributed by atoms with Crippen molar-refractivity contribution in [2.75, 3.05) is 5.32 Å². The van der Waals surface area contributed by atoms with Crippen molar-refractivity contribution in [1.82, 2.24) is 10.9 Å². The fraction of sp³-hybridized carbons (Fsp3) is 0.533. The van der Waals surface area contributed by atoms with Gasteiger partial charge in [-0.2, -0.15) is 0 Å². The first kappa shape index (κ1) is 14.0. The van der Waals surface area contributed by atoms with E-state index in [1.165, 1.54) is 5.56 Å². The maximum atomic E-state index is 12.2. The molecule has 0 saturated carbocycles. The highest BCUT2D eigenvalue weighted by molar-refractivity contribution is 5.95. The van der Waals surface area contributed by atoms with E-state index in [1.54, 1.807) is 0 Å². The number of amides is 1. The molecule has 2 rings (SSSR count). The second kappa shape index (κ2) is 6.17. The Morgan fingerprint density at radius 3 is 2.84 bits per heavy atom. The molecular formula is C15H23N3O. The van der Waals surface area contributed by atoms with E-state index < -0.39 is 0 Å². The van der Waals surface area contributed by atoms with E-state index in [-0.39, 0.29) is 11.9 Å². The summed E-state index contributed by atoms with van der Waals surface area (Å²) in [5.74, 6) is 0.0399. The van der Waals surface area contributed by atoms with E-state index >= 15 is 0 Å². The zero-order chi connectivity index (χ0) is 13.8. The first-order valence-corrected chi connectivity index (χ1v) is 6.99. The molecule has 1 fully saturated rings. The van der Waals surface area contributed by atoms with Gasteiger partial charge in [0, 0.05) is 11.7 Å². The molecule has 1 aliphatic heterocycles. The number of carbonyl (C=O) groups is 1. The fourth-order valence-corrected chi connectivity index (χ4v) is 2.51. The van der Waals surface area contributed by atoms with Crippen LogP contribution in [0.4, 0.5) is 5.69 Å². The van der Waals surface area contributed by atoms with Gasteiger partial charge in [-0.25, -0.2) is 5.43 Å². The number of rotatable bonds is 4. The van der Waals surface area contributed by atoms with Crippen molar-refractivity contribution in [3.63, 3.8) is 0 Å². The number of carbonyl (C=O) groups excluding carboxylic acids is 1. The number of benzene rings is 1. The quantitative estimate of drug-likeness (QED) is 0.779. The van der Waals surface area contributed by atoms with Crippen LogP contribution in [0.15, 0.2) is 18.2 Å². The van der Waals surface area contributed by atoms with Crippen LogP contribution in [-0.4, -0.2) is 18.0 Å². The molecule has 0 radical (unpaired) electrons. The van der Waals surface area contributed by atoms with E-state index in [4.69, 9.17) is 0 Å². The number of nitrogens with one attached hydrogen (secondary N) is 3. The maximum absolute atomic E-state index is 12.2. The fourth-order valence-electron chi connectivity index (χ4n) is 2.51. The lowest BCUT2D eigenvalue weighted by molar-refractivity contribution is -0.117. The largest absolute Gasteiger partial charge is 0.324 e. The van der Waals surface area contributed by atoms with Gasteiger partial charge in [-0.15, -0.1) is 0 Å². The first-order valence-electron chi connectivity index (χ1n) is 6.99. The molecule has 1 aromatic rings. The van der Waals surface area contributed by atoms with E-state index in [2.05, 4.69) is 36.1 Å². The standard InChI is InChI=1S/C15H23N3O/c1-4-5-12-9-14(18-17-12)15(19)16-13-7-6-10(2)8-11(13)3/h6-8,12,14,17-18H,4-5,9H2,1-3H3,(H,16,19). The van der Waals surface area contributed by atoms with Crippen LogP contribution in [0.5, 0.6) is 0 Å². The third-order valence-electron chi connectivity index (χ3n) is 3.58. The number of anilines is 1. The highest BCUT2D eigenvalue weighted by Gasteiger charge is 2.28. The Morgan fingerprint density at radius 2 is 2.16 bits per heavy atom. The number of hydrogen-bond donors (Lipinski definition) is 3. The van der Waals surface area contributed by atoms with Crippen LogP contribution in [0, 0.1) is 13.8 Å². The molecule has 3 N–H and O–H groups in total. The lowest BCUT2D eigenvalue weighted by Gasteiger charge is -2.13. The lowest BCUT2D eigenvalue weighted by atomic mass is 10.1. The summed E-state index contributed by atoms with van der Waals surface area (Å²) in [5.41, 5.74) is 9.48. The van der Waals surface area contributed by atoms with Gasteiger partial charge in [-0.3, -0.25) is 10.2 Å². The predicted molar refractivity (Wildman–Crippen MR) is 77.9 cm³/mol. The molecule has 1 heterocycles. The lowest BCUT2D eigenvalue weighted by Crippen LogP contribution is -2.40. The minimum atomic E-state index is -0.141. The van der Waals surface area contributed by atoms with Crippen LogP contribution in [0.1, 0.15) is 37.3 Å². The van der Waals surface area contributed by atoms with Crippen LogP contribution < -0.4 is 16.2 Å². The van der Waals surface area contributed by atoms with E-state index in [1.807, 2.05) is 19.1 Å². The average molecular weight is 261 g/mol. The zero-order valence-electron chi connectivity index (χ0n) is 11.9.